The number of rotatable bonds is 5. The molecule has 0 spiro atoms. The van der Waals surface area contributed by atoms with Gasteiger partial charge in [0, 0.05) is 0 Å². The largest absolute Gasteiger partial charge is 0.480 e. The number of benzene rings is 1. The third-order valence-electron chi connectivity index (χ3n) is 3.05. The zero-order valence-electron chi connectivity index (χ0n) is 9.44. The summed E-state index contributed by atoms with van der Waals surface area (Å²) in [5.41, 5.74) is 1.90. The average molecular weight is 219 g/mol. The van der Waals surface area contributed by atoms with Crippen molar-refractivity contribution in [3.8, 4) is 0 Å². The second-order valence-electron chi connectivity index (χ2n) is 4.48. The standard InChI is InChI=1S/C13H17NO2/c1-9-4-2-3-5-11(9)12(13(15)16)14-8-10-6-7-10/h2-5,10,12,14H,6-8H2,1H3,(H,15,16). The van der Waals surface area contributed by atoms with Crippen molar-refractivity contribution in [2.24, 2.45) is 5.92 Å². The molecule has 0 aliphatic heterocycles. The van der Waals surface area contributed by atoms with Gasteiger partial charge in [-0.1, -0.05) is 24.3 Å². The molecule has 3 heteroatoms. The minimum Gasteiger partial charge on any atom is -0.480 e. The number of carbonyl (C=O) groups is 1. The summed E-state index contributed by atoms with van der Waals surface area (Å²) in [5.74, 6) is -0.110. The summed E-state index contributed by atoms with van der Waals surface area (Å²) in [6.07, 6.45) is 2.46. The Balaban J connectivity index is 2.11. The molecule has 1 atom stereocenters. The van der Waals surface area contributed by atoms with Crippen LogP contribution in [-0.2, 0) is 4.79 Å². The van der Waals surface area contributed by atoms with Gasteiger partial charge in [-0.05, 0) is 43.4 Å². The molecular weight excluding hydrogens is 202 g/mol. The molecule has 1 aromatic rings. The van der Waals surface area contributed by atoms with Crippen molar-refractivity contribution in [1.82, 2.24) is 5.32 Å². The summed E-state index contributed by atoms with van der Waals surface area (Å²) < 4.78 is 0. The Morgan fingerprint density at radius 2 is 2.19 bits per heavy atom. The lowest BCUT2D eigenvalue weighted by Crippen LogP contribution is -2.30. The fourth-order valence-electron chi connectivity index (χ4n) is 1.85. The van der Waals surface area contributed by atoms with E-state index in [2.05, 4.69) is 5.32 Å². The highest BCUT2D eigenvalue weighted by Crippen LogP contribution is 2.29. The van der Waals surface area contributed by atoms with E-state index in [1.807, 2.05) is 31.2 Å². The monoisotopic (exact) mass is 219 g/mol. The molecule has 1 unspecified atom stereocenters. The number of hydrogen-bond donors (Lipinski definition) is 2. The molecule has 0 radical (unpaired) electrons. The Morgan fingerprint density at radius 1 is 1.50 bits per heavy atom. The van der Waals surface area contributed by atoms with Gasteiger partial charge in [-0.2, -0.15) is 0 Å². The van der Waals surface area contributed by atoms with E-state index in [9.17, 15) is 9.90 Å². The minimum atomic E-state index is -0.796. The highest BCUT2D eigenvalue weighted by Gasteiger charge is 2.26. The molecule has 2 N–H and O–H groups in total. The maximum atomic E-state index is 11.2. The first-order valence-corrected chi connectivity index (χ1v) is 5.70. The Kier molecular flexibility index (Phi) is 3.25. The molecule has 16 heavy (non-hydrogen) atoms. The van der Waals surface area contributed by atoms with Crippen LogP contribution in [-0.4, -0.2) is 17.6 Å². The van der Waals surface area contributed by atoms with Crippen LogP contribution in [0.3, 0.4) is 0 Å². The van der Waals surface area contributed by atoms with Crippen molar-refractivity contribution >= 4 is 5.97 Å². The molecule has 0 heterocycles. The molecule has 1 aliphatic carbocycles. The van der Waals surface area contributed by atoms with Gasteiger partial charge in [0.25, 0.3) is 0 Å². The second-order valence-corrected chi connectivity index (χ2v) is 4.48. The topological polar surface area (TPSA) is 49.3 Å². The fourth-order valence-corrected chi connectivity index (χ4v) is 1.85. The van der Waals surface area contributed by atoms with Crippen LogP contribution in [0.4, 0.5) is 0 Å². The SMILES string of the molecule is Cc1ccccc1C(NCC1CC1)C(=O)O. The number of nitrogens with one attached hydrogen (secondary N) is 1. The summed E-state index contributed by atoms with van der Waals surface area (Å²) in [5, 5.41) is 12.4. The third kappa shape index (κ3) is 2.61. The summed E-state index contributed by atoms with van der Waals surface area (Å²) >= 11 is 0. The zero-order chi connectivity index (χ0) is 11.5. The minimum absolute atomic E-state index is 0.568. The highest BCUT2D eigenvalue weighted by molar-refractivity contribution is 5.76. The lowest BCUT2D eigenvalue weighted by Gasteiger charge is -2.16. The highest BCUT2D eigenvalue weighted by atomic mass is 16.4. The van der Waals surface area contributed by atoms with Crippen molar-refractivity contribution in [1.29, 1.82) is 0 Å². The van der Waals surface area contributed by atoms with Gasteiger partial charge in [0.2, 0.25) is 0 Å². The summed E-state index contributed by atoms with van der Waals surface area (Å²) in [6, 6.07) is 7.08. The number of aryl methyl sites for hydroxylation is 1. The molecule has 3 nitrogen and oxygen atoms in total. The maximum Gasteiger partial charge on any atom is 0.325 e. The van der Waals surface area contributed by atoms with E-state index in [0.29, 0.717) is 5.92 Å². The Labute approximate surface area is 95.5 Å². The molecule has 0 bridgehead atoms. The van der Waals surface area contributed by atoms with Crippen molar-refractivity contribution in [3.63, 3.8) is 0 Å². The van der Waals surface area contributed by atoms with E-state index < -0.39 is 12.0 Å². The quantitative estimate of drug-likeness (QED) is 0.797. The number of aliphatic carboxylic acids is 1. The van der Waals surface area contributed by atoms with Crippen LogP contribution in [0.5, 0.6) is 0 Å². The molecule has 0 amide bonds. The molecule has 1 aromatic carbocycles. The van der Waals surface area contributed by atoms with E-state index in [4.69, 9.17) is 0 Å². The predicted octanol–water partition coefficient (Wildman–Crippen LogP) is 2.12. The van der Waals surface area contributed by atoms with E-state index >= 15 is 0 Å². The number of hydrogen-bond acceptors (Lipinski definition) is 2. The third-order valence-corrected chi connectivity index (χ3v) is 3.05. The van der Waals surface area contributed by atoms with Gasteiger partial charge in [0.05, 0.1) is 0 Å². The van der Waals surface area contributed by atoms with Crippen LogP contribution in [0, 0.1) is 12.8 Å². The summed E-state index contributed by atoms with van der Waals surface area (Å²) in [7, 11) is 0. The smallest absolute Gasteiger partial charge is 0.325 e. The summed E-state index contributed by atoms with van der Waals surface area (Å²) in [4.78, 5) is 11.2. The van der Waals surface area contributed by atoms with Gasteiger partial charge in [-0.25, -0.2) is 0 Å². The van der Waals surface area contributed by atoms with E-state index in [0.717, 1.165) is 17.7 Å². The lowest BCUT2D eigenvalue weighted by atomic mass is 10.0. The molecule has 0 aromatic heterocycles. The first-order chi connectivity index (χ1) is 7.68. The molecule has 1 saturated carbocycles. The van der Waals surface area contributed by atoms with Gasteiger partial charge in [0.1, 0.15) is 6.04 Å². The van der Waals surface area contributed by atoms with Gasteiger partial charge < -0.3 is 10.4 Å². The van der Waals surface area contributed by atoms with Crippen molar-refractivity contribution in [2.75, 3.05) is 6.54 Å². The molecule has 1 fully saturated rings. The maximum absolute atomic E-state index is 11.2. The van der Waals surface area contributed by atoms with Crippen LogP contribution in [0.25, 0.3) is 0 Å². The Morgan fingerprint density at radius 3 is 2.75 bits per heavy atom. The predicted molar refractivity (Wildman–Crippen MR) is 62.3 cm³/mol. The van der Waals surface area contributed by atoms with Crippen LogP contribution >= 0.6 is 0 Å². The van der Waals surface area contributed by atoms with E-state index in [1.165, 1.54) is 12.8 Å². The van der Waals surface area contributed by atoms with Gasteiger partial charge in [-0.3, -0.25) is 4.79 Å². The number of carboxylic acid groups (broad SMARTS) is 1. The van der Waals surface area contributed by atoms with E-state index in [-0.39, 0.29) is 0 Å². The van der Waals surface area contributed by atoms with Crippen molar-refractivity contribution in [3.05, 3.63) is 35.4 Å². The van der Waals surface area contributed by atoms with E-state index in [1.54, 1.807) is 0 Å². The Hall–Kier alpha value is -1.35. The first-order valence-electron chi connectivity index (χ1n) is 5.70. The van der Waals surface area contributed by atoms with Crippen LogP contribution < -0.4 is 5.32 Å². The molecule has 1 aliphatic rings. The summed E-state index contributed by atoms with van der Waals surface area (Å²) in [6.45, 7) is 2.76. The fraction of sp³-hybridized carbons (Fsp3) is 0.462. The molecule has 86 valence electrons. The van der Waals surface area contributed by atoms with Gasteiger partial charge >= 0.3 is 5.97 Å². The van der Waals surface area contributed by atoms with Crippen LogP contribution in [0.15, 0.2) is 24.3 Å². The van der Waals surface area contributed by atoms with Crippen LogP contribution in [0.1, 0.15) is 30.0 Å². The first kappa shape index (κ1) is 11.1. The molecule has 0 saturated heterocycles. The van der Waals surface area contributed by atoms with Crippen molar-refractivity contribution < 1.29 is 9.90 Å². The average Bonchev–Trinajstić information content (AvgIpc) is 3.04. The number of carboxylic acids is 1. The van der Waals surface area contributed by atoms with Crippen molar-refractivity contribution in [2.45, 2.75) is 25.8 Å². The molecule has 2 rings (SSSR count). The Bertz CT molecular complexity index is 385. The lowest BCUT2D eigenvalue weighted by molar-refractivity contribution is -0.139. The second kappa shape index (κ2) is 4.66. The zero-order valence-corrected chi connectivity index (χ0v) is 9.44. The normalized spacial score (nSPS) is 17.1. The molecular formula is C13H17NO2. The van der Waals surface area contributed by atoms with Gasteiger partial charge in [0.15, 0.2) is 0 Å². The van der Waals surface area contributed by atoms with Crippen LogP contribution in [0.2, 0.25) is 0 Å². The van der Waals surface area contributed by atoms with Gasteiger partial charge in [-0.15, -0.1) is 0 Å².